The molecule has 2 aromatic rings. The third-order valence-electron chi connectivity index (χ3n) is 4.09. The molecule has 0 atom stereocenters. The number of nitrogens with one attached hydrogen (secondary N) is 1. The van der Waals surface area contributed by atoms with E-state index in [-0.39, 0.29) is 0 Å². The maximum absolute atomic E-state index is 5.90. The molecular weight excluding hydrogens is 252 g/mol. The second kappa shape index (κ2) is 4.47. The lowest BCUT2D eigenvalue weighted by Gasteiger charge is -2.17. The first-order valence-electron chi connectivity index (χ1n) is 7.24. The van der Waals surface area contributed by atoms with Crippen LogP contribution in [0.1, 0.15) is 37.3 Å². The molecule has 0 amide bonds. The molecule has 104 valence electrons. The number of rotatable bonds is 3. The number of nitrogens with zero attached hydrogens (tertiary/aromatic N) is 4. The van der Waals surface area contributed by atoms with E-state index in [9.17, 15) is 0 Å². The van der Waals surface area contributed by atoms with Gasteiger partial charge >= 0.3 is 0 Å². The van der Waals surface area contributed by atoms with Crippen LogP contribution in [-0.2, 0) is 0 Å². The van der Waals surface area contributed by atoms with Gasteiger partial charge in [-0.3, -0.25) is 5.10 Å². The SMILES string of the molecule is Nc1nc(-c2cn[nH]c2C2CC2)cc(N2CCCC2)n1. The first kappa shape index (κ1) is 11.7. The van der Waals surface area contributed by atoms with E-state index in [0.717, 1.165) is 30.2 Å². The van der Waals surface area contributed by atoms with Crippen LogP contribution in [-0.4, -0.2) is 33.3 Å². The number of hydrogen-bond donors (Lipinski definition) is 2. The van der Waals surface area contributed by atoms with Gasteiger partial charge in [-0.2, -0.15) is 10.1 Å². The average molecular weight is 270 g/mol. The summed E-state index contributed by atoms with van der Waals surface area (Å²) in [5.74, 6) is 1.89. The first-order valence-corrected chi connectivity index (χ1v) is 7.24. The van der Waals surface area contributed by atoms with Gasteiger partial charge in [0.2, 0.25) is 5.95 Å². The van der Waals surface area contributed by atoms with Crippen molar-refractivity contribution in [1.29, 1.82) is 0 Å². The molecule has 0 aromatic carbocycles. The van der Waals surface area contributed by atoms with Gasteiger partial charge in [0.15, 0.2) is 0 Å². The molecule has 1 aliphatic heterocycles. The zero-order valence-electron chi connectivity index (χ0n) is 11.3. The lowest BCUT2D eigenvalue weighted by molar-refractivity contribution is 0.931. The minimum Gasteiger partial charge on any atom is -0.368 e. The molecule has 0 spiro atoms. The van der Waals surface area contributed by atoms with Crippen LogP contribution in [0.5, 0.6) is 0 Å². The largest absolute Gasteiger partial charge is 0.368 e. The van der Waals surface area contributed by atoms with E-state index in [1.165, 1.54) is 31.4 Å². The highest BCUT2D eigenvalue weighted by Crippen LogP contribution is 2.43. The van der Waals surface area contributed by atoms with E-state index in [1.807, 2.05) is 12.3 Å². The molecule has 0 bridgehead atoms. The first-order chi connectivity index (χ1) is 9.81. The monoisotopic (exact) mass is 270 g/mol. The molecular formula is C14H18N6. The van der Waals surface area contributed by atoms with E-state index in [4.69, 9.17) is 5.73 Å². The van der Waals surface area contributed by atoms with E-state index < -0.39 is 0 Å². The van der Waals surface area contributed by atoms with Gasteiger partial charge in [-0.15, -0.1) is 0 Å². The number of aromatic amines is 1. The Hall–Kier alpha value is -2.11. The van der Waals surface area contributed by atoms with Gasteiger partial charge < -0.3 is 10.6 Å². The fraction of sp³-hybridized carbons (Fsp3) is 0.500. The summed E-state index contributed by atoms with van der Waals surface area (Å²) in [6.07, 6.45) is 6.75. The molecule has 0 radical (unpaired) electrons. The Labute approximate surface area is 117 Å². The van der Waals surface area contributed by atoms with E-state index in [0.29, 0.717) is 11.9 Å². The van der Waals surface area contributed by atoms with Gasteiger partial charge in [0, 0.05) is 36.3 Å². The van der Waals surface area contributed by atoms with Crippen molar-refractivity contribution in [2.24, 2.45) is 0 Å². The maximum Gasteiger partial charge on any atom is 0.222 e. The number of anilines is 2. The summed E-state index contributed by atoms with van der Waals surface area (Å²) in [6, 6.07) is 2.04. The third kappa shape index (κ3) is 2.01. The fourth-order valence-corrected chi connectivity index (χ4v) is 2.88. The van der Waals surface area contributed by atoms with Crippen LogP contribution in [0.2, 0.25) is 0 Å². The van der Waals surface area contributed by atoms with Gasteiger partial charge in [0.25, 0.3) is 0 Å². The molecule has 4 rings (SSSR count). The zero-order chi connectivity index (χ0) is 13.5. The van der Waals surface area contributed by atoms with Crippen molar-refractivity contribution < 1.29 is 0 Å². The summed E-state index contributed by atoms with van der Waals surface area (Å²) < 4.78 is 0. The quantitative estimate of drug-likeness (QED) is 0.890. The van der Waals surface area contributed by atoms with Crippen LogP contribution >= 0.6 is 0 Å². The summed E-state index contributed by atoms with van der Waals surface area (Å²) in [7, 11) is 0. The number of nitrogens with two attached hydrogens (primary N) is 1. The van der Waals surface area contributed by atoms with Crippen LogP contribution in [0.25, 0.3) is 11.3 Å². The Morgan fingerprint density at radius 2 is 2.00 bits per heavy atom. The topological polar surface area (TPSA) is 83.7 Å². The van der Waals surface area contributed by atoms with Crippen molar-refractivity contribution in [2.75, 3.05) is 23.7 Å². The molecule has 1 saturated heterocycles. The van der Waals surface area contributed by atoms with Crippen molar-refractivity contribution in [2.45, 2.75) is 31.6 Å². The number of aromatic nitrogens is 4. The molecule has 2 aliphatic rings. The van der Waals surface area contributed by atoms with Gasteiger partial charge in [0.05, 0.1) is 11.9 Å². The van der Waals surface area contributed by atoms with Crippen molar-refractivity contribution in [1.82, 2.24) is 20.2 Å². The Bertz CT molecular complexity index is 624. The predicted molar refractivity (Wildman–Crippen MR) is 77.4 cm³/mol. The number of hydrogen-bond acceptors (Lipinski definition) is 5. The van der Waals surface area contributed by atoms with Crippen LogP contribution < -0.4 is 10.6 Å². The van der Waals surface area contributed by atoms with E-state index in [1.54, 1.807) is 0 Å². The van der Waals surface area contributed by atoms with Crippen molar-refractivity contribution in [3.8, 4) is 11.3 Å². The highest BCUT2D eigenvalue weighted by Gasteiger charge is 2.29. The number of H-pyrrole nitrogens is 1. The summed E-state index contributed by atoms with van der Waals surface area (Å²) >= 11 is 0. The predicted octanol–water partition coefficient (Wildman–Crippen LogP) is 1.93. The second-order valence-corrected chi connectivity index (χ2v) is 5.64. The van der Waals surface area contributed by atoms with Gasteiger partial charge in [-0.1, -0.05) is 0 Å². The van der Waals surface area contributed by atoms with Gasteiger partial charge in [-0.25, -0.2) is 4.98 Å². The minimum atomic E-state index is 0.340. The summed E-state index contributed by atoms with van der Waals surface area (Å²) in [6.45, 7) is 2.10. The van der Waals surface area contributed by atoms with Crippen LogP contribution in [0.15, 0.2) is 12.3 Å². The highest BCUT2D eigenvalue weighted by molar-refractivity contribution is 5.67. The molecule has 2 fully saturated rings. The van der Waals surface area contributed by atoms with E-state index >= 15 is 0 Å². The third-order valence-corrected chi connectivity index (χ3v) is 4.09. The van der Waals surface area contributed by atoms with Crippen LogP contribution in [0.4, 0.5) is 11.8 Å². The minimum absolute atomic E-state index is 0.340. The summed E-state index contributed by atoms with van der Waals surface area (Å²) in [4.78, 5) is 11.1. The molecule has 1 aliphatic carbocycles. The molecule has 6 nitrogen and oxygen atoms in total. The summed E-state index contributed by atoms with van der Waals surface area (Å²) in [5.41, 5.74) is 9.04. The molecule has 2 aromatic heterocycles. The Balaban J connectivity index is 1.75. The second-order valence-electron chi connectivity index (χ2n) is 5.64. The Kier molecular flexibility index (Phi) is 2.61. The zero-order valence-corrected chi connectivity index (χ0v) is 11.3. The molecule has 0 unspecified atom stereocenters. The molecule has 20 heavy (non-hydrogen) atoms. The maximum atomic E-state index is 5.90. The average Bonchev–Trinajstić information content (AvgIpc) is 2.96. The van der Waals surface area contributed by atoms with Crippen LogP contribution in [0, 0.1) is 0 Å². The number of nitrogen functional groups attached to an aromatic ring is 1. The fourth-order valence-electron chi connectivity index (χ4n) is 2.88. The van der Waals surface area contributed by atoms with Crippen molar-refractivity contribution in [3.05, 3.63) is 18.0 Å². The van der Waals surface area contributed by atoms with Crippen molar-refractivity contribution >= 4 is 11.8 Å². The Morgan fingerprint density at radius 1 is 1.20 bits per heavy atom. The Morgan fingerprint density at radius 3 is 2.75 bits per heavy atom. The molecule has 3 N–H and O–H groups in total. The lowest BCUT2D eigenvalue weighted by Crippen LogP contribution is -2.19. The van der Waals surface area contributed by atoms with E-state index in [2.05, 4.69) is 25.1 Å². The van der Waals surface area contributed by atoms with Gasteiger partial charge in [0.1, 0.15) is 5.82 Å². The normalized spacial score (nSPS) is 18.7. The van der Waals surface area contributed by atoms with Gasteiger partial charge in [-0.05, 0) is 25.7 Å². The molecule has 6 heteroatoms. The van der Waals surface area contributed by atoms with Crippen LogP contribution in [0.3, 0.4) is 0 Å². The smallest absolute Gasteiger partial charge is 0.222 e. The standard InChI is InChI=1S/C14H18N6/c15-14-17-11(7-12(18-14)20-5-1-2-6-20)10-8-16-19-13(10)9-3-4-9/h7-9H,1-6H2,(H,16,19)(H2,15,17,18). The molecule has 3 heterocycles. The highest BCUT2D eigenvalue weighted by atomic mass is 15.2. The summed E-state index contributed by atoms with van der Waals surface area (Å²) in [5, 5.41) is 7.29. The molecule has 1 saturated carbocycles. The lowest BCUT2D eigenvalue weighted by atomic mass is 10.1. The van der Waals surface area contributed by atoms with Crippen molar-refractivity contribution in [3.63, 3.8) is 0 Å².